The molecular formula is C8H14O3S2. The van der Waals surface area contributed by atoms with Crippen LogP contribution in [0.25, 0.3) is 0 Å². The summed E-state index contributed by atoms with van der Waals surface area (Å²) >= 11 is 1.61. The van der Waals surface area contributed by atoms with E-state index in [1.807, 2.05) is 6.92 Å². The molecule has 0 radical (unpaired) electrons. The van der Waals surface area contributed by atoms with Crippen LogP contribution in [0.15, 0.2) is 0 Å². The van der Waals surface area contributed by atoms with Gasteiger partial charge in [-0.3, -0.25) is 9.00 Å². The van der Waals surface area contributed by atoms with Gasteiger partial charge in [0.15, 0.2) is 0 Å². The van der Waals surface area contributed by atoms with Crippen molar-refractivity contribution >= 4 is 28.5 Å². The molecule has 0 N–H and O–H groups in total. The molecule has 0 bridgehead atoms. The summed E-state index contributed by atoms with van der Waals surface area (Å²) in [6, 6.07) is 0. The summed E-state index contributed by atoms with van der Waals surface area (Å²) in [4.78, 5) is 11.2. The summed E-state index contributed by atoms with van der Waals surface area (Å²) in [5, 5.41) is 0. The average Bonchev–Trinajstić information content (AvgIpc) is 2.32. The first-order valence-electron chi connectivity index (χ1n) is 4.26. The van der Waals surface area contributed by atoms with E-state index in [9.17, 15) is 9.00 Å². The largest absolute Gasteiger partial charge is 0.466 e. The zero-order valence-electron chi connectivity index (χ0n) is 7.87. The molecule has 1 aliphatic rings. The lowest BCUT2D eigenvalue weighted by Gasteiger charge is -2.19. The van der Waals surface area contributed by atoms with Crippen LogP contribution in [-0.4, -0.2) is 32.4 Å². The van der Waals surface area contributed by atoms with E-state index >= 15 is 0 Å². The monoisotopic (exact) mass is 222 g/mol. The van der Waals surface area contributed by atoms with Gasteiger partial charge >= 0.3 is 5.97 Å². The lowest BCUT2D eigenvalue weighted by Crippen LogP contribution is -2.27. The molecule has 2 atom stereocenters. The molecule has 1 saturated heterocycles. The molecule has 0 aliphatic carbocycles. The van der Waals surface area contributed by atoms with Gasteiger partial charge < -0.3 is 4.74 Å². The molecule has 3 nitrogen and oxygen atoms in total. The first-order chi connectivity index (χ1) is 6.08. The summed E-state index contributed by atoms with van der Waals surface area (Å²) in [5.74, 6) is 1.33. The quantitative estimate of drug-likeness (QED) is 0.672. The minimum atomic E-state index is -0.888. The summed E-state index contributed by atoms with van der Waals surface area (Å²) in [7, 11) is -0.888. The van der Waals surface area contributed by atoms with Crippen molar-refractivity contribution in [3.05, 3.63) is 0 Å². The maximum Gasteiger partial charge on any atom is 0.308 e. The van der Waals surface area contributed by atoms with E-state index in [0.717, 1.165) is 5.75 Å². The number of rotatable bonds is 3. The van der Waals surface area contributed by atoms with Crippen LogP contribution in [0.1, 0.15) is 20.3 Å². The van der Waals surface area contributed by atoms with Crippen LogP contribution in [0.4, 0.5) is 0 Å². The third-order valence-corrected chi connectivity index (χ3v) is 5.94. The second-order valence-corrected chi connectivity index (χ2v) is 6.87. The van der Waals surface area contributed by atoms with Crippen LogP contribution in [0.5, 0.6) is 0 Å². The summed E-state index contributed by atoms with van der Waals surface area (Å²) in [6.07, 6.45) is 0.262. The Bertz CT molecular complexity index is 229. The second kappa shape index (κ2) is 4.46. The predicted octanol–water partition coefficient (Wildman–Crippen LogP) is 1.15. The highest BCUT2D eigenvalue weighted by Crippen LogP contribution is 2.38. The van der Waals surface area contributed by atoms with Gasteiger partial charge in [-0.15, -0.1) is 11.8 Å². The second-order valence-electron chi connectivity index (χ2n) is 3.01. The number of carbonyl (C=O) groups excluding carboxylic acids is 1. The van der Waals surface area contributed by atoms with E-state index < -0.39 is 14.9 Å². The van der Waals surface area contributed by atoms with Gasteiger partial charge in [0, 0.05) is 22.3 Å². The lowest BCUT2D eigenvalue weighted by atomic mass is 10.3. The van der Waals surface area contributed by atoms with E-state index in [0.29, 0.717) is 12.4 Å². The molecule has 1 heterocycles. The molecule has 0 amide bonds. The van der Waals surface area contributed by atoms with Crippen molar-refractivity contribution in [2.45, 2.75) is 24.3 Å². The Morgan fingerprint density at radius 2 is 2.38 bits per heavy atom. The highest BCUT2D eigenvalue weighted by atomic mass is 32.2. The normalized spacial score (nSPS) is 33.2. The van der Waals surface area contributed by atoms with E-state index in [-0.39, 0.29) is 12.4 Å². The van der Waals surface area contributed by atoms with E-state index in [2.05, 4.69) is 0 Å². The predicted molar refractivity (Wildman–Crippen MR) is 55.1 cm³/mol. The Balaban J connectivity index is 2.51. The zero-order valence-corrected chi connectivity index (χ0v) is 9.50. The van der Waals surface area contributed by atoms with Gasteiger partial charge in [-0.25, -0.2) is 0 Å². The Kier molecular flexibility index (Phi) is 3.79. The van der Waals surface area contributed by atoms with Crippen molar-refractivity contribution in [3.63, 3.8) is 0 Å². The molecule has 1 rings (SSSR count). The molecule has 0 spiro atoms. The lowest BCUT2D eigenvalue weighted by molar-refractivity contribution is -0.143. The van der Waals surface area contributed by atoms with E-state index in [4.69, 9.17) is 4.74 Å². The highest BCUT2D eigenvalue weighted by Gasteiger charge is 2.39. The Labute approximate surface area is 85.1 Å². The fourth-order valence-corrected chi connectivity index (χ4v) is 4.55. The van der Waals surface area contributed by atoms with Crippen molar-refractivity contribution in [1.29, 1.82) is 0 Å². The molecule has 76 valence electrons. The maximum atomic E-state index is 11.5. The van der Waals surface area contributed by atoms with Crippen LogP contribution in [-0.2, 0) is 20.3 Å². The minimum absolute atomic E-state index is 0.243. The molecule has 1 fully saturated rings. The standard InChI is InChI=1S/C8H14O3S2/c1-3-11-7(9)6-8(2)12-4-5-13(8)10/h3-6H2,1-2H3/t8-,13+/m0/s1. The maximum absolute atomic E-state index is 11.5. The summed E-state index contributed by atoms with van der Waals surface area (Å²) < 4.78 is 15.9. The Hall–Kier alpha value is -0.0300. The third kappa shape index (κ3) is 2.71. The molecule has 1 aliphatic heterocycles. The number of esters is 1. The van der Waals surface area contributed by atoms with E-state index in [1.165, 1.54) is 0 Å². The number of carbonyl (C=O) groups is 1. The van der Waals surface area contributed by atoms with Crippen molar-refractivity contribution in [2.75, 3.05) is 18.1 Å². The SMILES string of the molecule is CCOC(=O)C[C@@]1(C)SCC[S@]1=O. The van der Waals surface area contributed by atoms with Gasteiger partial charge in [0.05, 0.1) is 17.1 Å². The Morgan fingerprint density at radius 3 is 2.85 bits per heavy atom. The van der Waals surface area contributed by atoms with Gasteiger partial charge in [-0.1, -0.05) is 0 Å². The van der Waals surface area contributed by atoms with Crippen LogP contribution >= 0.6 is 11.8 Å². The molecule has 0 aromatic carbocycles. The molecule has 13 heavy (non-hydrogen) atoms. The molecule has 0 unspecified atom stereocenters. The fourth-order valence-electron chi connectivity index (χ4n) is 1.22. The van der Waals surface area contributed by atoms with Gasteiger partial charge in [0.1, 0.15) is 0 Å². The van der Waals surface area contributed by atoms with Crippen LogP contribution < -0.4 is 0 Å². The van der Waals surface area contributed by atoms with Crippen molar-refractivity contribution in [1.82, 2.24) is 0 Å². The number of hydrogen-bond acceptors (Lipinski definition) is 4. The number of thioether (sulfide) groups is 1. The molecular weight excluding hydrogens is 208 g/mol. The first-order valence-corrected chi connectivity index (χ1v) is 6.57. The van der Waals surface area contributed by atoms with E-state index in [1.54, 1.807) is 18.7 Å². The average molecular weight is 222 g/mol. The fraction of sp³-hybridized carbons (Fsp3) is 0.875. The van der Waals surface area contributed by atoms with Crippen LogP contribution in [0, 0.1) is 0 Å². The summed E-state index contributed by atoms with van der Waals surface area (Å²) in [5.41, 5.74) is 0. The van der Waals surface area contributed by atoms with Gasteiger partial charge in [-0.05, 0) is 13.8 Å². The van der Waals surface area contributed by atoms with Gasteiger partial charge in [0.2, 0.25) is 0 Å². The molecule has 0 saturated carbocycles. The van der Waals surface area contributed by atoms with Crippen molar-refractivity contribution in [3.8, 4) is 0 Å². The smallest absolute Gasteiger partial charge is 0.308 e. The van der Waals surface area contributed by atoms with Gasteiger partial charge in [-0.2, -0.15) is 0 Å². The van der Waals surface area contributed by atoms with Crippen LogP contribution in [0.2, 0.25) is 0 Å². The minimum Gasteiger partial charge on any atom is -0.466 e. The number of hydrogen-bond donors (Lipinski definition) is 0. The zero-order chi connectivity index (χ0) is 9.90. The number of ether oxygens (including phenoxy) is 1. The Morgan fingerprint density at radius 1 is 1.69 bits per heavy atom. The molecule has 0 aromatic rings. The van der Waals surface area contributed by atoms with Gasteiger partial charge in [0.25, 0.3) is 0 Å². The summed E-state index contributed by atoms with van der Waals surface area (Å²) in [6.45, 7) is 4.04. The molecule has 5 heteroatoms. The highest BCUT2D eigenvalue weighted by molar-refractivity contribution is 8.15. The van der Waals surface area contributed by atoms with Crippen LogP contribution in [0.3, 0.4) is 0 Å². The van der Waals surface area contributed by atoms with Crippen molar-refractivity contribution in [2.24, 2.45) is 0 Å². The molecule has 0 aromatic heterocycles. The third-order valence-electron chi connectivity index (χ3n) is 1.93. The van der Waals surface area contributed by atoms with Crippen molar-refractivity contribution < 1.29 is 13.7 Å². The first kappa shape index (κ1) is 11.0. The topological polar surface area (TPSA) is 43.4 Å².